The third-order valence-corrected chi connectivity index (χ3v) is 2.85. The van der Waals surface area contributed by atoms with E-state index < -0.39 is 0 Å². The van der Waals surface area contributed by atoms with Gasteiger partial charge in [-0.2, -0.15) is 0 Å². The van der Waals surface area contributed by atoms with Crippen molar-refractivity contribution >= 4 is 23.2 Å². The molecule has 0 saturated heterocycles. The van der Waals surface area contributed by atoms with Gasteiger partial charge in [-0.1, -0.05) is 41.9 Å². The van der Waals surface area contributed by atoms with E-state index in [0.717, 1.165) is 5.56 Å². The second-order valence-corrected chi connectivity index (χ2v) is 4.38. The van der Waals surface area contributed by atoms with Crippen molar-refractivity contribution in [3.63, 3.8) is 0 Å². The molecule has 0 spiro atoms. The Labute approximate surface area is 116 Å². The monoisotopic (exact) mass is 275 g/mol. The first-order chi connectivity index (χ1) is 9.25. The molecule has 1 aromatic carbocycles. The molecule has 2 aromatic rings. The summed E-state index contributed by atoms with van der Waals surface area (Å²) in [6.07, 6.45) is 3.15. The maximum absolute atomic E-state index is 11.7. The molecule has 0 atom stereocenters. The van der Waals surface area contributed by atoms with E-state index in [1.807, 2.05) is 30.3 Å². The summed E-state index contributed by atoms with van der Waals surface area (Å²) in [6.45, 7) is 0.696. The number of nitrogens with one attached hydrogen (secondary N) is 2. The normalized spacial score (nSPS) is 9.95. The van der Waals surface area contributed by atoms with Crippen LogP contribution in [0, 0.1) is 0 Å². The fourth-order valence-electron chi connectivity index (χ4n) is 1.55. The number of hydrogen-bond donors (Lipinski definition) is 2. The van der Waals surface area contributed by atoms with Gasteiger partial charge >= 0.3 is 0 Å². The van der Waals surface area contributed by atoms with Crippen molar-refractivity contribution in [3.8, 4) is 0 Å². The number of carbonyl (C=O) groups is 1. The number of hydrogen-bond acceptors (Lipinski definition) is 3. The summed E-state index contributed by atoms with van der Waals surface area (Å²) in [6, 6.07) is 11.5. The molecule has 2 N–H and O–H groups in total. The highest BCUT2D eigenvalue weighted by Gasteiger charge is 2.03. The lowest BCUT2D eigenvalue weighted by molar-refractivity contribution is -0.119. The van der Waals surface area contributed by atoms with E-state index in [9.17, 15) is 4.79 Å². The van der Waals surface area contributed by atoms with Crippen molar-refractivity contribution in [3.05, 3.63) is 59.4 Å². The highest BCUT2D eigenvalue weighted by Crippen LogP contribution is 2.18. The molecule has 98 valence electrons. The second kappa shape index (κ2) is 6.75. The minimum absolute atomic E-state index is 0.0864. The van der Waals surface area contributed by atoms with Crippen molar-refractivity contribution < 1.29 is 4.79 Å². The van der Waals surface area contributed by atoms with Gasteiger partial charge in [0.25, 0.3) is 0 Å². The van der Waals surface area contributed by atoms with Gasteiger partial charge in [0.2, 0.25) is 5.91 Å². The molecule has 0 aliphatic rings. The van der Waals surface area contributed by atoms with Gasteiger partial charge in [0.05, 0.1) is 17.3 Å². The fraction of sp³-hybridized carbons (Fsp3) is 0.143. The summed E-state index contributed by atoms with van der Waals surface area (Å²) >= 11 is 5.92. The summed E-state index contributed by atoms with van der Waals surface area (Å²) in [5.74, 6) is -0.0864. The number of anilines is 1. The van der Waals surface area contributed by atoms with Gasteiger partial charge in [0.15, 0.2) is 0 Å². The molecule has 1 aromatic heterocycles. The molecule has 1 amide bonds. The largest absolute Gasteiger partial charge is 0.375 e. The molecule has 0 radical (unpaired) electrons. The van der Waals surface area contributed by atoms with Crippen LogP contribution in [0.1, 0.15) is 5.56 Å². The quantitative estimate of drug-likeness (QED) is 0.881. The van der Waals surface area contributed by atoms with E-state index in [0.29, 0.717) is 17.3 Å². The lowest BCUT2D eigenvalue weighted by Crippen LogP contribution is -2.29. The number of amides is 1. The third kappa shape index (κ3) is 4.26. The maximum atomic E-state index is 11.7. The first-order valence-electron chi connectivity index (χ1n) is 5.90. The van der Waals surface area contributed by atoms with Gasteiger partial charge in [0, 0.05) is 18.9 Å². The predicted molar refractivity (Wildman–Crippen MR) is 76.0 cm³/mol. The van der Waals surface area contributed by atoms with Crippen molar-refractivity contribution in [1.82, 2.24) is 10.3 Å². The van der Waals surface area contributed by atoms with Crippen molar-refractivity contribution in [2.45, 2.75) is 6.54 Å². The second-order valence-electron chi connectivity index (χ2n) is 3.97. The van der Waals surface area contributed by atoms with E-state index in [-0.39, 0.29) is 12.5 Å². The van der Waals surface area contributed by atoms with Crippen LogP contribution >= 0.6 is 11.6 Å². The summed E-state index contributed by atoms with van der Waals surface area (Å²) in [5, 5.41) is 6.29. The van der Waals surface area contributed by atoms with Crippen molar-refractivity contribution in [2.75, 3.05) is 11.9 Å². The Balaban J connectivity index is 1.78. The summed E-state index contributed by atoms with van der Waals surface area (Å²) in [7, 11) is 0. The van der Waals surface area contributed by atoms with E-state index in [1.54, 1.807) is 12.3 Å². The number of carbonyl (C=O) groups excluding carboxylic acids is 1. The summed E-state index contributed by atoms with van der Waals surface area (Å²) in [5.41, 5.74) is 1.77. The van der Waals surface area contributed by atoms with Crippen LogP contribution in [0.5, 0.6) is 0 Å². The Kier molecular flexibility index (Phi) is 4.75. The highest BCUT2D eigenvalue weighted by atomic mass is 35.5. The highest BCUT2D eigenvalue weighted by molar-refractivity contribution is 6.33. The lowest BCUT2D eigenvalue weighted by Gasteiger charge is -2.08. The van der Waals surface area contributed by atoms with Crippen LogP contribution in [-0.4, -0.2) is 17.4 Å². The first-order valence-corrected chi connectivity index (χ1v) is 6.27. The first kappa shape index (κ1) is 13.4. The zero-order valence-corrected chi connectivity index (χ0v) is 11.0. The fourth-order valence-corrected chi connectivity index (χ4v) is 1.74. The number of aromatic nitrogens is 1. The molecular formula is C14H14ClN3O. The van der Waals surface area contributed by atoms with Crippen molar-refractivity contribution in [2.24, 2.45) is 0 Å². The van der Waals surface area contributed by atoms with Gasteiger partial charge in [0.1, 0.15) is 0 Å². The van der Waals surface area contributed by atoms with Crippen LogP contribution in [0.15, 0.2) is 48.8 Å². The Morgan fingerprint density at radius 2 is 2.00 bits per heavy atom. The number of nitrogens with zero attached hydrogens (tertiary/aromatic N) is 1. The minimum Gasteiger partial charge on any atom is -0.375 e. The van der Waals surface area contributed by atoms with Gasteiger partial charge in [-0.05, 0) is 11.6 Å². The molecule has 0 fully saturated rings. The molecule has 0 aliphatic carbocycles. The van der Waals surface area contributed by atoms with Gasteiger partial charge in [-0.15, -0.1) is 0 Å². The van der Waals surface area contributed by atoms with Crippen molar-refractivity contribution in [1.29, 1.82) is 0 Å². The topological polar surface area (TPSA) is 54.0 Å². The molecule has 0 bridgehead atoms. The van der Waals surface area contributed by atoms with Gasteiger partial charge < -0.3 is 10.6 Å². The van der Waals surface area contributed by atoms with Crippen LogP contribution in [-0.2, 0) is 11.3 Å². The average Bonchev–Trinajstić information content (AvgIpc) is 2.45. The average molecular weight is 276 g/mol. The number of benzene rings is 1. The number of rotatable bonds is 5. The molecule has 0 aliphatic heterocycles. The van der Waals surface area contributed by atoms with Gasteiger partial charge in [-0.3, -0.25) is 9.78 Å². The summed E-state index contributed by atoms with van der Waals surface area (Å²) in [4.78, 5) is 15.5. The molecular weight excluding hydrogens is 262 g/mol. The standard InChI is InChI=1S/C14H14ClN3O/c15-12-9-16-7-6-13(12)17-10-14(19)18-8-11-4-2-1-3-5-11/h1-7,9H,8,10H2,(H,16,17)(H,18,19). The molecule has 5 heteroatoms. The lowest BCUT2D eigenvalue weighted by atomic mass is 10.2. The minimum atomic E-state index is -0.0864. The van der Waals surface area contributed by atoms with Crippen LogP contribution in [0.3, 0.4) is 0 Å². The molecule has 19 heavy (non-hydrogen) atoms. The predicted octanol–water partition coefficient (Wildman–Crippen LogP) is 2.46. The Hall–Kier alpha value is -2.07. The van der Waals surface area contributed by atoms with Crippen LogP contribution in [0.2, 0.25) is 5.02 Å². The van der Waals surface area contributed by atoms with Crippen LogP contribution in [0.4, 0.5) is 5.69 Å². The van der Waals surface area contributed by atoms with Crippen LogP contribution < -0.4 is 10.6 Å². The van der Waals surface area contributed by atoms with E-state index in [2.05, 4.69) is 15.6 Å². The Bertz CT molecular complexity index is 545. The van der Waals surface area contributed by atoms with E-state index in [1.165, 1.54) is 6.20 Å². The van der Waals surface area contributed by atoms with E-state index >= 15 is 0 Å². The molecule has 0 saturated carbocycles. The molecule has 4 nitrogen and oxygen atoms in total. The number of pyridine rings is 1. The molecule has 1 heterocycles. The third-order valence-electron chi connectivity index (χ3n) is 2.54. The van der Waals surface area contributed by atoms with E-state index in [4.69, 9.17) is 11.6 Å². The SMILES string of the molecule is O=C(CNc1ccncc1Cl)NCc1ccccc1. The maximum Gasteiger partial charge on any atom is 0.239 e. The Morgan fingerprint density at radius 1 is 1.21 bits per heavy atom. The molecule has 0 unspecified atom stereocenters. The van der Waals surface area contributed by atoms with Crippen LogP contribution in [0.25, 0.3) is 0 Å². The number of halogens is 1. The zero-order valence-electron chi connectivity index (χ0n) is 10.3. The smallest absolute Gasteiger partial charge is 0.239 e. The zero-order chi connectivity index (χ0) is 13.5. The Morgan fingerprint density at radius 3 is 2.74 bits per heavy atom. The molecule has 2 rings (SSSR count). The summed E-state index contributed by atoms with van der Waals surface area (Å²) < 4.78 is 0. The van der Waals surface area contributed by atoms with Gasteiger partial charge in [-0.25, -0.2) is 0 Å².